The highest BCUT2D eigenvalue weighted by atomic mass is 16.5. The molecule has 23 heavy (non-hydrogen) atoms. The highest BCUT2D eigenvalue weighted by Crippen LogP contribution is 2.17. The maximum Gasteiger partial charge on any atom is 0.319 e. The molecule has 2 rings (SSSR count). The van der Waals surface area contributed by atoms with E-state index in [2.05, 4.69) is 28.5 Å². The third-order valence-corrected chi connectivity index (χ3v) is 4.08. The van der Waals surface area contributed by atoms with Gasteiger partial charge in [0.15, 0.2) is 0 Å². The Morgan fingerprint density at radius 2 is 1.96 bits per heavy atom. The van der Waals surface area contributed by atoms with E-state index in [0.29, 0.717) is 0 Å². The van der Waals surface area contributed by atoms with Crippen LogP contribution in [-0.2, 0) is 11.3 Å². The van der Waals surface area contributed by atoms with Crippen molar-refractivity contribution in [3.05, 3.63) is 29.8 Å². The summed E-state index contributed by atoms with van der Waals surface area (Å²) >= 11 is 0. The van der Waals surface area contributed by atoms with E-state index in [-0.39, 0.29) is 6.03 Å². The lowest BCUT2D eigenvalue weighted by atomic mass is 10.1. The third-order valence-electron chi connectivity index (χ3n) is 4.08. The minimum absolute atomic E-state index is 0.115. The molecule has 1 saturated heterocycles. The summed E-state index contributed by atoms with van der Waals surface area (Å²) in [4.78, 5) is 14.4. The number of nitrogens with one attached hydrogen (secondary N) is 2. The zero-order chi connectivity index (χ0) is 16.3. The molecule has 5 nitrogen and oxygen atoms in total. The second kappa shape index (κ2) is 10.2. The van der Waals surface area contributed by atoms with Crippen LogP contribution in [0.1, 0.15) is 38.2 Å². The number of hydrogen-bond donors (Lipinski definition) is 2. The number of unbranched alkanes of at least 4 members (excludes halogenated alkanes) is 3. The first-order valence-corrected chi connectivity index (χ1v) is 8.72. The number of hydrogen-bond acceptors (Lipinski definition) is 3. The molecule has 0 unspecified atom stereocenters. The standard InChI is InChI=1S/C18H29N3O2/c1-2-3-4-7-10-19-18(22)20-17-9-6-5-8-16(17)15-21-11-13-23-14-12-21/h5-6,8-9H,2-4,7,10-15H2,1H3,(H2,19,20,22). The van der Waals surface area contributed by atoms with Crippen LogP contribution in [0.15, 0.2) is 24.3 Å². The number of anilines is 1. The number of urea groups is 1. The van der Waals surface area contributed by atoms with Gasteiger partial charge >= 0.3 is 6.03 Å². The molecule has 0 atom stereocenters. The Morgan fingerprint density at radius 1 is 1.17 bits per heavy atom. The van der Waals surface area contributed by atoms with Crippen LogP contribution in [-0.4, -0.2) is 43.8 Å². The Hall–Kier alpha value is -1.59. The van der Waals surface area contributed by atoms with Crippen LogP contribution in [0.5, 0.6) is 0 Å². The van der Waals surface area contributed by atoms with Gasteiger partial charge in [-0.15, -0.1) is 0 Å². The molecule has 1 aliphatic rings. The van der Waals surface area contributed by atoms with Crippen molar-refractivity contribution in [3.8, 4) is 0 Å². The number of carbonyl (C=O) groups excluding carboxylic acids is 1. The lowest BCUT2D eigenvalue weighted by molar-refractivity contribution is 0.0343. The number of para-hydroxylation sites is 1. The zero-order valence-electron chi connectivity index (χ0n) is 14.1. The second-order valence-electron chi connectivity index (χ2n) is 5.99. The van der Waals surface area contributed by atoms with Crippen LogP contribution >= 0.6 is 0 Å². The number of amides is 2. The molecule has 2 N–H and O–H groups in total. The number of carbonyl (C=O) groups is 1. The van der Waals surface area contributed by atoms with Crippen molar-refractivity contribution in [2.75, 3.05) is 38.2 Å². The van der Waals surface area contributed by atoms with Gasteiger partial charge in [0.05, 0.1) is 13.2 Å². The summed E-state index contributed by atoms with van der Waals surface area (Å²) in [5.41, 5.74) is 2.04. The van der Waals surface area contributed by atoms with Crippen molar-refractivity contribution in [2.24, 2.45) is 0 Å². The fourth-order valence-corrected chi connectivity index (χ4v) is 2.70. The van der Waals surface area contributed by atoms with E-state index in [4.69, 9.17) is 4.74 Å². The minimum atomic E-state index is -0.115. The number of morpholine rings is 1. The van der Waals surface area contributed by atoms with Gasteiger partial charge in [-0.1, -0.05) is 44.4 Å². The maximum atomic E-state index is 12.0. The summed E-state index contributed by atoms with van der Waals surface area (Å²) in [5.74, 6) is 0. The van der Waals surface area contributed by atoms with Crippen LogP contribution in [0.3, 0.4) is 0 Å². The predicted molar refractivity (Wildman–Crippen MR) is 93.7 cm³/mol. The molecule has 1 fully saturated rings. The molecular formula is C18H29N3O2. The summed E-state index contributed by atoms with van der Waals surface area (Å²) in [6.07, 6.45) is 4.65. The number of nitrogens with zero attached hydrogens (tertiary/aromatic N) is 1. The summed E-state index contributed by atoms with van der Waals surface area (Å²) in [6.45, 7) is 7.22. The van der Waals surface area contributed by atoms with Crippen LogP contribution in [0.4, 0.5) is 10.5 Å². The Balaban J connectivity index is 1.80. The first-order chi connectivity index (χ1) is 11.3. The van der Waals surface area contributed by atoms with Crippen molar-refractivity contribution in [1.82, 2.24) is 10.2 Å². The molecule has 128 valence electrons. The van der Waals surface area contributed by atoms with Crippen LogP contribution in [0.25, 0.3) is 0 Å². The molecule has 1 aromatic rings. The maximum absolute atomic E-state index is 12.0. The monoisotopic (exact) mass is 319 g/mol. The Morgan fingerprint density at radius 3 is 2.74 bits per heavy atom. The predicted octanol–water partition coefficient (Wildman–Crippen LogP) is 3.22. The quantitative estimate of drug-likeness (QED) is 0.723. The van der Waals surface area contributed by atoms with Gasteiger partial charge in [0.25, 0.3) is 0 Å². The molecule has 2 amide bonds. The van der Waals surface area contributed by atoms with Gasteiger partial charge in [0, 0.05) is 31.9 Å². The first-order valence-electron chi connectivity index (χ1n) is 8.72. The van der Waals surface area contributed by atoms with Crippen molar-refractivity contribution < 1.29 is 9.53 Å². The average molecular weight is 319 g/mol. The fraction of sp³-hybridized carbons (Fsp3) is 0.611. The van der Waals surface area contributed by atoms with E-state index in [1.165, 1.54) is 19.3 Å². The third kappa shape index (κ3) is 6.59. The van der Waals surface area contributed by atoms with E-state index >= 15 is 0 Å². The van der Waals surface area contributed by atoms with Crippen molar-refractivity contribution in [3.63, 3.8) is 0 Å². The highest BCUT2D eigenvalue weighted by Gasteiger charge is 2.13. The van der Waals surface area contributed by atoms with Crippen molar-refractivity contribution in [1.29, 1.82) is 0 Å². The van der Waals surface area contributed by atoms with E-state index in [0.717, 1.165) is 57.1 Å². The summed E-state index contributed by atoms with van der Waals surface area (Å²) in [7, 11) is 0. The molecule has 1 heterocycles. The largest absolute Gasteiger partial charge is 0.379 e. The molecule has 0 aliphatic carbocycles. The van der Waals surface area contributed by atoms with Crippen LogP contribution in [0, 0.1) is 0 Å². The summed E-state index contributed by atoms with van der Waals surface area (Å²) in [6, 6.07) is 7.90. The molecule has 5 heteroatoms. The van der Waals surface area contributed by atoms with Gasteiger partial charge < -0.3 is 15.4 Å². The Labute approximate surface area is 139 Å². The number of rotatable bonds is 8. The Bertz CT molecular complexity index is 473. The van der Waals surface area contributed by atoms with Gasteiger partial charge in [0.2, 0.25) is 0 Å². The first kappa shape index (κ1) is 17.8. The smallest absolute Gasteiger partial charge is 0.319 e. The van der Waals surface area contributed by atoms with E-state index in [1.807, 2.05) is 18.2 Å². The van der Waals surface area contributed by atoms with Crippen LogP contribution in [0.2, 0.25) is 0 Å². The topological polar surface area (TPSA) is 53.6 Å². The average Bonchev–Trinajstić information content (AvgIpc) is 2.57. The van der Waals surface area contributed by atoms with Crippen molar-refractivity contribution in [2.45, 2.75) is 39.2 Å². The van der Waals surface area contributed by atoms with Crippen molar-refractivity contribution >= 4 is 11.7 Å². The van der Waals surface area contributed by atoms with Gasteiger partial charge in [-0.3, -0.25) is 4.90 Å². The molecule has 0 aromatic heterocycles. The summed E-state index contributed by atoms with van der Waals surface area (Å²) < 4.78 is 5.38. The normalized spacial score (nSPS) is 15.3. The Kier molecular flexibility index (Phi) is 7.90. The van der Waals surface area contributed by atoms with E-state index in [1.54, 1.807) is 0 Å². The molecule has 0 radical (unpaired) electrons. The second-order valence-corrected chi connectivity index (χ2v) is 5.99. The fourth-order valence-electron chi connectivity index (χ4n) is 2.70. The molecule has 1 aliphatic heterocycles. The highest BCUT2D eigenvalue weighted by molar-refractivity contribution is 5.90. The molecule has 0 bridgehead atoms. The summed E-state index contributed by atoms with van der Waals surface area (Å²) in [5, 5.41) is 5.92. The van der Waals surface area contributed by atoms with E-state index in [9.17, 15) is 4.79 Å². The van der Waals surface area contributed by atoms with Gasteiger partial charge in [-0.2, -0.15) is 0 Å². The van der Waals surface area contributed by atoms with Gasteiger partial charge in [0.1, 0.15) is 0 Å². The molecule has 0 spiro atoms. The SMILES string of the molecule is CCCCCCNC(=O)Nc1ccccc1CN1CCOCC1. The lowest BCUT2D eigenvalue weighted by Gasteiger charge is -2.27. The van der Waals surface area contributed by atoms with E-state index < -0.39 is 0 Å². The minimum Gasteiger partial charge on any atom is -0.379 e. The molecule has 1 aromatic carbocycles. The van der Waals surface area contributed by atoms with Gasteiger partial charge in [-0.05, 0) is 18.1 Å². The number of benzene rings is 1. The number of ether oxygens (including phenoxy) is 1. The lowest BCUT2D eigenvalue weighted by Crippen LogP contribution is -2.36. The zero-order valence-corrected chi connectivity index (χ0v) is 14.1. The molecule has 0 saturated carbocycles. The molecular weight excluding hydrogens is 290 g/mol. The van der Waals surface area contributed by atoms with Crippen LogP contribution < -0.4 is 10.6 Å². The van der Waals surface area contributed by atoms with Gasteiger partial charge in [-0.25, -0.2) is 4.79 Å².